The number of amides is 1. The zero-order valence-corrected chi connectivity index (χ0v) is 15.1. The second-order valence-corrected chi connectivity index (χ2v) is 12.1. The van der Waals surface area contributed by atoms with E-state index in [1.807, 2.05) is 4.90 Å². The quantitative estimate of drug-likeness (QED) is 0.812. The van der Waals surface area contributed by atoms with Crippen molar-refractivity contribution in [2.75, 3.05) is 6.61 Å². The number of hydrogen-bond donors (Lipinski definition) is 1. The lowest BCUT2D eigenvalue weighted by Gasteiger charge is -2.40. The Hall–Kier alpha value is -0.393. The Morgan fingerprint density at radius 2 is 1.95 bits per heavy atom. The van der Waals surface area contributed by atoms with Crippen LogP contribution in [-0.2, 0) is 9.22 Å². The first-order chi connectivity index (χ1) is 9.05. The largest absolute Gasteiger partial charge is 0.412 e. The van der Waals surface area contributed by atoms with Crippen LogP contribution in [0.4, 0.5) is 0 Å². The van der Waals surface area contributed by atoms with Gasteiger partial charge >= 0.3 is 0 Å². The lowest BCUT2D eigenvalue weighted by molar-refractivity contribution is -0.133. The van der Waals surface area contributed by atoms with Crippen LogP contribution in [0.1, 0.15) is 47.5 Å². The van der Waals surface area contributed by atoms with Crippen molar-refractivity contribution in [3.8, 4) is 0 Å². The van der Waals surface area contributed by atoms with E-state index in [0.717, 1.165) is 12.8 Å². The van der Waals surface area contributed by atoms with Gasteiger partial charge in [0.25, 0.3) is 0 Å². The van der Waals surface area contributed by atoms with Crippen molar-refractivity contribution in [2.45, 2.75) is 83.8 Å². The highest BCUT2D eigenvalue weighted by Crippen LogP contribution is 2.40. The molecule has 0 saturated carbocycles. The van der Waals surface area contributed by atoms with Crippen molar-refractivity contribution in [2.24, 2.45) is 0 Å². The third-order valence-electron chi connectivity index (χ3n) is 4.96. The first-order valence-electron chi connectivity index (χ1n) is 7.62. The van der Waals surface area contributed by atoms with Gasteiger partial charge in [0.2, 0.25) is 5.91 Å². The molecule has 1 amide bonds. The Morgan fingerprint density at radius 1 is 1.40 bits per heavy atom. The summed E-state index contributed by atoms with van der Waals surface area (Å²) in [6, 6.07) is 0.00555. The van der Waals surface area contributed by atoms with E-state index in [1.54, 1.807) is 6.92 Å². The van der Waals surface area contributed by atoms with Crippen LogP contribution in [0.15, 0.2) is 0 Å². The molecule has 1 rings (SSSR count). The number of hydrogen-bond acceptors (Lipinski definition) is 3. The van der Waals surface area contributed by atoms with Crippen molar-refractivity contribution in [3.05, 3.63) is 0 Å². The fourth-order valence-corrected chi connectivity index (χ4v) is 4.09. The maximum Gasteiger partial charge on any atom is 0.220 e. The van der Waals surface area contributed by atoms with Gasteiger partial charge in [0.15, 0.2) is 8.32 Å². The second kappa shape index (κ2) is 6.16. The number of carbonyl (C=O) groups is 1. The van der Waals surface area contributed by atoms with E-state index >= 15 is 0 Å². The molecule has 0 spiro atoms. The minimum Gasteiger partial charge on any atom is -0.412 e. The van der Waals surface area contributed by atoms with Gasteiger partial charge in [0.05, 0.1) is 18.8 Å². The molecule has 20 heavy (non-hydrogen) atoms. The van der Waals surface area contributed by atoms with Crippen LogP contribution < -0.4 is 0 Å². The summed E-state index contributed by atoms with van der Waals surface area (Å²) in [6.45, 7) is 14.7. The van der Waals surface area contributed by atoms with Gasteiger partial charge < -0.3 is 14.4 Å². The third kappa shape index (κ3) is 3.43. The van der Waals surface area contributed by atoms with Crippen molar-refractivity contribution in [1.82, 2.24) is 4.90 Å². The number of aliphatic hydroxyl groups excluding tert-OH is 1. The summed E-state index contributed by atoms with van der Waals surface area (Å²) < 4.78 is 6.46. The number of rotatable bonds is 4. The maximum absolute atomic E-state index is 11.9. The molecule has 0 aromatic heterocycles. The van der Waals surface area contributed by atoms with E-state index in [4.69, 9.17) is 4.43 Å². The molecule has 118 valence electrons. The Labute approximate surface area is 124 Å². The maximum atomic E-state index is 11.9. The number of nitrogens with zero attached hydrogens (tertiary/aromatic N) is 1. The zero-order valence-electron chi connectivity index (χ0n) is 14.1. The van der Waals surface area contributed by atoms with Gasteiger partial charge in [-0.1, -0.05) is 27.7 Å². The molecular weight excluding hydrogens is 270 g/mol. The molecule has 4 nitrogen and oxygen atoms in total. The Morgan fingerprint density at radius 3 is 2.30 bits per heavy atom. The summed E-state index contributed by atoms with van der Waals surface area (Å²) >= 11 is 0. The second-order valence-electron chi connectivity index (χ2n) is 7.39. The van der Waals surface area contributed by atoms with Gasteiger partial charge in [-0.2, -0.15) is 0 Å². The van der Waals surface area contributed by atoms with Crippen LogP contribution in [0.5, 0.6) is 0 Å². The third-order valence-corrected chi connectivity index (χ3v) is 9.46. The van der Waals surface area contributed by atoms with Gasteiger partial charge in [-0.05, 0) is 31.0 Å². The molecule has 1 saturated heterocycles. The average Bonchev–Trinajstić information content (AvgIpc) is 2.64. The molecular formula is C15H31NO3Si. The van der Waals surface area contributed by atoms with Gasteiger partial charge in [-0.3, -0.25) is 4.79 Å². The van der Waals surface area contributed by atoms with E-state index in [2.05, 4.69) is 40.8 Å². The molecule has 3 atom stereocenters. The first-order valence-corrected chi connectivity index (χ1v) is 10.5. The van der Waals surface area contributed by atoms with Crippen LogP contribution in [0.3, 0.4) is 0 Å². The fraction of sp³-hybridized carbons (Fsp3) is 0.933. The smallest absolute Gasteiger partial charge is 0.220 e. The van der Waals surface area contributed by atoms with Crippen LogP contribution >= 0.6 is 0 Å². The highest BCUT2D eigenvalue weighted by atomic mass is 28.4. The molecule has 1 fully saturated rings. The van der Waals surface area contributed by atoms with Crippen molar-refractivity contribution in [3.63, 3.8) is 0 Å². The minimum absolute atomic E-state index is 0.0185. The summed E-state index contributed by atoms with van der Waals surface area (Å²) in [5, 5.41) is 9.85. The molecule has 0 aromatic rings. The molecule has 5 heteroatoms. The Bertz CT molecular complexity index is 352. The van der Waals surface area contributed by atoms with Gasteiger partial charge in [0.1, 0.15) is 0 Å². The molecule has 0 aromatic carbocycles. The summed E-state index contributed by atoms with van der Waals surface area (Å²) in [4.78, 5) is 13.7. The molecule has 1 heterocycles. The molecule has 1 N–H and O–H groups in total. The Kier molecular flexibility index (Phi) is 5.44. The summed E-state index contributed by atoms with van der Waals surface area (Å²) in [5.74, 6) is 0.0391. The van der Waals surface area contributed by atoms with Crippen molar-refractivity contribution in [1.29, 1.82) is 0 Å². The van der Waals surface area contributed by atoms with E-state index in [-0.39, 0.29) is 35.7 Å². The highest BCUT2D eigenvalue weighted by molar-refractivity contribution is 6.74. The molecule has 0 aliphatic carbocycles. The lowest BCUT2D eigenvalue weighted by Crippen LogP contribution is -2.50. The van der Waals surface area contributed by atoms with Gasteiger partial charge in [-0.25, -0.2) is 0 Å². The standard InChI is InChI=1S/C15H31NO3Si/c1-8-12-9-14(13(10-17)16(12)11(2)18)19-20(6,7)15(3,4)5/h12-14,17H,8-10H2,1-7H3. The number of likely N-dealkylation sites (tertiary alicyclic amines) is 1. The van der Waals surface area contributed by atoms with Crippen molar-refractivity contribution >= 4 is 14.2 Å². The predicted molar refractivity (Wildman–Crippen MR) is 84.2 cm³/mol. The molecule has 1 aliphatic heterocycles. The topological polar surface area (TPSA) is 49.8 Å². The summed E-state index contributed by atoms with van der Waals surface area (Å²) in [5.41, 5.74) is 0. The van der Waals surface area contributed by atoms with Crippen molar-refractivity contribution < 1.29 is 14.3 Å². The predicted octanol–water partition coefficient (Wildman–Crippen LogP) is 2.77. The van der Waals surface area contributed by atoms with Crippen LogP contribution in [0.25, 0.3) is 0 Å². The molecule has 0 radical (unpaired) electrons. The van der Waals surface area contributed by atoms with E-state index in [9.17, 15) is 9.90 Å². The summed E-state index contributed by atoms with van der Waals surface area (Å²) in [7, 11) is -1.88. The zero-order chi connectivity index (χ0) is 15.7. The van der Waals surface area contributed by atoms with E-state index in [1.165, 1.54) is 0 Å². The van der Waals surface area contributed by atoms with Crippen LogP contribution in [0.2, 0.25) is 18.1 Å². The normalized spacial score (nSPS) is 28.0. The molecule has 3 unspecified atom stereocenters. The SMILES string of the molecule is CCC1CC(O[Si](C)(C)C(C)(C)C)C(CO)N1C(C)=O. The van der Waals surface area contributed by atoms with Gasteiger partial charge in [0, 0.05) is 13.0 Å². The minimum atomic E-state index is -1.88. The highest BCUT2D eigenvalue weighted by Gasteiger charge is 2.47. The van der Waals surface area contributed by atoms with E-state index < -0.39 is 8.32 Å². The number of aliphatic hydroxyl groups is 1. The van der Waals surface area contributed by atoms with Gasteiger partial charge in [-0.15, -0.1) is 0 Å². The van der Waals surface area contributed by atoms with Crippen LogP contribution in [-0.4, -0.2) is 49.0 Å². The molecule has 0 bridgehead atoms. The monoisotopic (exact) mass is 301 g/mol. The Balaban J connectivity index is 2.93. The lowest BCUT2D eigenvalue weighted by atomic mass is 10.1. The first kappa shape index (κ1) is 17.7. The number of carbonyl (C=O) groups excluding carboxylic acids is 1. The van der Waals surface area contributed by atoms with Crippen LogP contribution in [0, 0.1) is 0 Å². The summed E-state index contributed by atoms with van der Waals surface area (Å²) in [6.07, 6.45) is 1.72. The fourth-order valence-electron chi connectivity index (χ4n) is 2.73. The average molecular weight is 302 g/mol. The molecule has 1 aliphatic rings. The van der Waals surface area contributed by atoms with E-state index in [0.29, 0.717) is 0 Å².